The van der Waals surface area contributed by atoms with Crippen LogP contribution in [0, 0.1) is 0 Å². The molecule has 7 nitrogen and oxygen atoms in total. The van der Waals surface area contributed by atoms with Gasteiger partial charge in [0, 0.05) is 5.69 Å². The van der Waals surface area contributed by atoms with E-state index in [0.29, 0.717) is 18.0 Å². The molecular formula is C19H19NO6. The highest BCUT2D eigenvalue weighted by atomic mass is 16.5. The lowest BCUT2D eigenvalue weighted by atomic mass is 10.1. The average Bonchev–Trinajstić information content (AvgIpc) is 2.67. The predicted molar refractivity (Wildman–Crippen MR) is 94.3 cm³/mol. The molecule has 7 heteroatoms. The minimum atomic E-state index is -0.711. The summed E-state index contributed by atoms with van der Waals surface area (Å²) in [6.45, 7) is 1.98. The largest absolute Gasteiger partial charge is 0.494 e. The summed E-state index contributed by atoms with van der Waals surface area (Å²) in [5.74, 6) is -1.06. The third kappa shape index (κ3) is 5.34. The average molecular weight is 357 g/mol. The number of carbonyl (C=O) groups is 3. The number of methoxy groups -OCH3 is 1. The summed E-state index contributed by atoms with van der Waals surface area (Å²) < 4.78 is 14.9. The Morgan fingerprint density at radius 1 is 0.962 bits per heavy atom. The molecule has 0 bridgehead atoms. The number of carbonyl (C=O) groups excluding carboxylic acids is 3. The van der Waals surface area contributed by atoms with Gasteiger partial charge in [-0.3, -0.25) is 4.79 Å². The second-order valence-electron chi connectivity index (χ2n) is 5.15. The summed E-state index contributed by atoms with van der Waals surface area (Å²) in [6.07, 6.45) is 0. The monoisotopic (exact) mass is 357 g/mol. The highest BCUT2D eigenvalue weighted by Crippen LogP contribution is 2.15. The topological polar surface area (TPSA) is 90.9 Å². The first-order chi connectivity index (χ1) is 12.5. The Labute approximate surface area is 150 Å². The van der Waals surface area contributed by atoms with Gasteiger partial charge in [0.15, 0.2) is 6.61 Å². The number of benzene rings is 2. The molecule has 2 aromatic carbocycles. The third-order valence-electron chi connectivity index (χ3n) is 3.30. The number of amides is 1. The van der Waals surface area contributed by atoms with E-state index >= 15 is 0 Å². The molecule has 0 spiro atoms. The lowest BCUT2D eigenvalue weighted by molar-refractivity contribution is -0.119. The molecular weight excluding hydrogens is 338 g/mol. The number of nitrogens with one attached hydrogen (secondary N) is 1. The zero-order valence-corrected chi connectivity index (χ0v) is 14.5. The molecule has 1 N–H and O–H groups in total. The van der Waals surface area contributed by atoms with Crippen molar-refractivity contribution >= 4 is 23.5 Å². The molecule has 0 aromatic heterocycles. The minimum Gasteiger partial charge on any atom is -0.494 e. The van der Waals surface area contributed by atoms with Crippen LogP contribution in [-0.2, 0) is 14.3 Å². The van der Waals surface area contributed by atoms with Crippen LogP contribution in [0.4, 0.5) is 5.69 Å². The van der Waals surface area contributed by atoms with Crippen LogP contribution in [0.1, 0.15) is 27.6 Å². The first kappa shape index (κ1) is 19.0. The van der Waals surface area contributed by atoms with Gasteiger partial charge in [-0.15, -0.1) is 0 Å². The molecule has 0 atom stereocenters. The fourth-order valence-electron chi connectivity index (χ4n) is 2.10. The van der Waals surface area contributed by atoms with Crippen LogP contribution in [0.3, 0.4) is 0 Å². The maximum atomic E-state index is 12.0. The molecule has 136 valence electrons. The summed E-state index contributed by atoms with van der Waals surface area (Å²) in [5, 5.41) is 2.61. The van der Waals surface area contributed by atoms with E-state index in [9.17, 15) is 14.4 Å². The Morgan fingerprint density at radius 2 is 1.62 bits per heavy atom. The Balaban J connectivity index is 1.88. The highest BCUT2D eigenvalue weighted by Gasteiger charge is 2.13. The molecule has 0 aliphatic rings. The summed E-state index contributed by atoms with van der Waals surface area (Å²) in [6, 6.07) is 12.7. The fraction of sp³-hybridized carbons (Fsp3) is 0.211. The van der Waals surface area contributed by atoms with Crippen molar-refractivity contribution in [2.45, 2.75) is 6.92 Å². The molecule has 0 aliphatic carbocycles. The molecule has 0 heterocycles. The van der Waals surface area contributed by atoms with E-state index in [1.54, 1.807) is 24.3 Å². The standard InChI is InChI=1S/C19H19NO6/c1-3-25-16-9-7-15(8-10-16)20-17(21)12-26-19(23)14-6-4-5-13(11-14)18(22)24-2/h4-11H,3,12H2,1-2H3,(H,20,21). The molecule has 1 amide bonds. The van der Waals surface area contributed by atoms with Crippen LogP contribution in [-0.4, -0.2) is 38.2 Å². The SMILES string of the molecule is CCOc1ccc(NC(=O)COC(=O)c2cccc(C(=O)OC)c2)cc1. The second-order valence-corrected chi connectivity index (χ2v) is 5.15. The molecule has 2 rings (SSSR count). The molecule has 26 heavy (non-hydrogen) atoms. The molecule has 0 fully saturated rings. The molecule has 0 saturated carbocycles. The van der Waals surface area contributed by atoms with Crippen LogP contribution in [0.15, 0.2) is 48.5 Å². The van der Waals surface area contributed by atoms with Gasteiger partial charge in [-0.05, 0) is 49.4 Å². The maximum Gasteiger partial charge on any atom is 0.338 e. The number of hydrogen-bond donors (Lipinski definition) is 1. The third-order valence-corrected chi connectivity index (χ3v) is 3.30. The second kappa shape index (κ2) is 9.22. The van der Waals surface area contributed by atoms with Gasteiger partial charge in [0.1, 0.15) is 5.75 Å². The van der Waals surface area contributed by atoms with E-state index in [4.69, 9.17) is 9.47 Å². The van der Waals surface area contributed by atoms with Crippen LogP contribution in [0.2, 0.25) is 0 Å². The summed E-state index contributed by atoms with van der Waals surface area (Å²) >= 11 is 0. The van der Waals surface area contributed by atoms with Gasteiger partial charge in [0.25, 0.3) is 5.91 Å². The van der Waals surface area contributed by atoms with Crippen molar-refractivity contribution in [2.24, 2.45) is 0 Å². The summed E-state index contributed by atoms with van der Waals surface area (Å²) in [4.78, 5) is 35.4. The van der Waals surface area contributed by atoms with E-state index in [2.05, 4.69) is 10.1 Å². The van der Waals surface area contributed by atoms with Gasteiger partial charge in [0.05, 0.1) is 24.8 Å². The van der Waals surface area contributed by atoms with Crippen LogP contribution < -0.4 is 10.1 Å². The summed E-state index contributed by atoms with van der Waals surface area (Å²) in [7, 11) is 1.25. The number of hydrogen-bond acceptors (Lipinski definition) is 6. The number of esters is 2. The van der Waals surface area contributed by atoms with Crippen molar-refractivity contribution in [1.82, 2.24) is 0 Å². The van der Waals surface area contributed by atoms with Gasteiger partial charge >= 0.3 is 11.9 Å². The summed E-state index contributed by atoms with van der Waals surface area (Å²) in [5.41, 5.74) is 0.935. The van der Waals surface area contributed by atoms with Crippen molar-refractivity contribution in [3.05, 3.63) is 59.7 Å². The number of rotatable bonds is 7. The van der Waals surface area contributed by atoms with Crippen molar-refractivity contribution in [3.8, 4) is 5.75 Å². The lowest BCUT2D eigenvalue weighted by Crippen LogP contribution is -2.21. The van der Waals surface area contributed by atoms with Crippen LogP contribution >= 0.6 is 0 Å². The molecule has 0 radical (unpaired) electrons. The first-order valence-electron chi connectivity index (χ1n) is 7.91. The van der Waals surface area contributed by atoms with Gasteiger partial charge in [-0.1, -0.05) is 6.07 Å². The molecule has 0 saturated heterocycles. The molecule has 0 unspecified atom stereocenters. The van der Waals surface area contributed by atoms with Crippen molar-refractivity contribution in [1.29, 1.82) is 0 Å². The normalized spacial score (nSPS) is 9.92. The zero-order valence-electron chi connectivity index (χ0n) is 14.5. The Bertz CT molecular complexity index is 785. The lowest BCUT2D eigenvalue weighted by Gasteiger charge is -2.08. The quantitative estimate of drug-likeness (QED) is 0.766. The minimum absolute atomic E-state index is 0.154. The first-order valence-corrected chi connectivity index (χ1v) is 7.91. The van der Waals surface area contributed by atoms with Gasteiger partial charge in [0.2, 0.25) is 0 Å². The van der Waals surface area contributed by atoms with Crippen LogP contribution in [0.5, 0.6) is 5.75 Å². The van der Waals surface area contributed by atoms with E-state index in [1.165, 1.54) is 31.4 Å². The number of ether oxygens (including phenoxy) is 3. The predicted octanol–water partition coefficient (Wildman–Crippen LogP) is 2.67. The van der Waals surface area contributed by atoms with Gasteiger partial charge in [-0.2, -0.15) is 0 Å². The van der Waals surface area contributed by atoms with Crippen LogP contribution in [0.25, 0.3) is 0 Å². The van der Waals surface area contributed by atoms with Crippen molar-refractivity contribution < 1.29 is 28.6 Å². The van der Waals surface area contributed by atoms with Gasteiger partial charge in [-0.25, -0.2) is 9.59 Å². The number of anilines is 1. The molecule has 0 aliphatic heterocycles. The van der Waals surface area contributed by atoms with Gasteiger partial charge < -0.3 is 19.5 Å². The Hall–Kier alpha value is -3.35. The van der Waals surface area contributed by atoms with Crippen molar-refractivity contribution in [3.63, 3.8) is 0 Å². The molecule has 2 aromatic rings. The maximum absolute atomic E-state index is 12.0. The Kier molecular flexibility index (Phi) is 6.73. The zero-order chi connectivity index (χ0) is 18.9. The van der Waals surface area contributed by atoms with E-state index in [0.717, 1.165) is 0 Å². The van der Waals surface area contributed by atoms with E-state index in [-0.39, 0.29) is 11.1 Å². The van der Waals surface area contributed by atoms with E-state index < -0.39 is 24.5 Å². The van der Waals surface area contributed by atoms with Crippen molar-refractivity contribution in [2.75, 3.05) is 25.6 Å². The highest BCUT2D eigenvalue weighted by molar-refractivity contribution is 5.97. The smallest absolute Gasteiger partial charge is 0.338 e. The van der Waals surface area contributed by atoms with E-state index in [1.807, 2.05) is 6.92 Å². The Morgan fingerprint density at radius 3 is 2.23 bits per heavy atom. The fourth-order valence-corrected chi connectivity index (χ4v) is 2.10.